The third-order valence-corrected chi connectivity index (χ3v) is 7.95. The third kappa shape index (κ3) is 4.84. The molecule has 0 aliphatic heterocycles. The summed E-state index contributed by atoms with van der Waals surface area (Å²) >= 11 is 0. The topological polar surface area (TPSA) is 130 Å². The van der Waals surface area contributed by atoms with E-state index in [0.717, 1.165) is 5.56 Å². The van der Waals surface area contributed by atoms with Crippen molar-refractivity contribution in [3.05, 3.63) is 71.5 Å². The molecule has 36 heavy (non-hydrogen) atoms. The van der Waals surface area contributed by atoms with Gasteiger partial charge in [-0.2, -0.15) is 0 Å². The van der Waals surface area contributed by atoms with Crippen molar-refractivity contribution in [1.29, 1.82) is 0 Å². The predicted octanol–water partition coefficient (Wildman–Crippen LogP) is 3.59. The van der Waals surface area contributed by atoms with Crippen LogP contribution in [0, 0.1) is 13.8 Å². The summed E-state index contributed by atoms with van der Waals surface area (Å²) in [6.45, 7) is 5.10. The van der Waals surface area contributed by atoms with Crippen LogP contribution in [0.25, 0.3) is 17.3 Å². The first-order valence-corrected chi connectivity index (χ1v) is 12.9. The lowest BCUT2D eigenvalue weighted by molar-refractivity contribution is 0.171. The fraction of sp³-hybridized carbons (Fsp3) is 0.320. The zero-order chi connectivity index (χ0) is 26.0. The van der Waals surface area contributed by atoms with E-state index in [1.165, 1.54) is 21.1 Å². The van der Waals surface area contributed by atoms with E-state index in [2.05, 4.69) is 15.2 Å². The van der Waals surface area contributed by atoms with Crippen LogP contribution >= 0.6 is 0 Å². The van der Waals surface area contributed by atoms with Crippen LogP contribution in [0.4, 0.5) is 0 Å². The normalized spacial score (nSPS) is 13.4. The molecule has 0 aliphatic carbocycles. The Morgan fingerprint density at radius 1 is 1.03 bits per heavy atom. The Balaban J connectivity index is 1.81. The molecule has 3 aromatic heterocycles. The van der Waals surface area contributed by atoms with E-state index in [9.17, 15) is 13.5 Å². The Labute approximate surface area is 209 Å². The minimum atomic E-state index is -3.93. The number of sulfone groups is 1. The minimum absolute atomic E-state index is 0.109. The SMILES string of the molecule is COc1cccc(OC)c1-n1c(CS(=O)(=O)[C@@H](C)[C@H](O)c2ccc(C)cn2)nnc1-c1ccc(C)o1. The maximum absolute atomic E-state index is 13.5. The number of methoxy groups -OCH3 is 2. The molecule has 0 spiro atoms. The molecule has 0 saturated heterocycles. The van der Waals surface area contributed by atoms with E-state index in [4.69, 9.17) is 13.9 Å². The molecule has 0 unspecified atom stereocenters. The number of aryl methyl sites for hydroxylation is 2. The summed E-state index contributed by atoms with van der Waals surface area (Å²) in [5, 5.41) is 18.1. The van der Waals surface area contributed by atoms with Crippen LogP contribution in [0.15, 0.2) is 53.1 Å². The van der Waals surface area contributed by atoms with Crippen LogP contribution in [-0.2, 0) is 15.6 Å². The molecule has 1 aromatic carbocycles. The largest absolute Gasteiger partial charge is 0.494 e. The second-order valence-corrected chi connectivity index (χ2v) is 10.8. The van der Waals surface area contributed by atoms with E-state index < -0.39 is 26.9 Å². The molecule has 10 nitrogen and oxygen atoms in total. The average molecular weight is 513 g/mol. The van der Waals surface area contributed by atoms with Gasteiger partial charge in [0.2, 0.25) is 5.82 Å². The molecule has 190 valence electrons. The number of furan rings is 1. The van der Waals surface area contributed by atoms with Crippen molar-refractivity contribution >= 4 is 9.84 Å². The number of aliphatic hydroxyl groups excluding tert-OH is 1. The van der Waals surface area contributed by atoms with Gasteiger partial charge in [-0.3, -0.25) is 9.55 Å². The highest BCUT2D eigenvalue weighted by molar-refractivity contribution is 7.91. The molecular formula is C25H28N4O6S. The molecule has 0 amide bonds. The zero-order valence-electron chi connectivity index (χ0n) is 20.7. The standard InChI is InChI=1S/C25H28N4O6S/c1-15-9-11-18(26-13-15)24(30)17(3)36(31,32)14-22-27-28-25(21-12-10-16(2)35-21)29(22)23-19(33-4)7-6-8-20(23)34-5/h6-13,17,24,30H,14H2,1-5H3/t17-,24-/m0/s1. The van der Waals surface area contributed by atoms with Gasteiger partial charge in [0, 0.05) is 6.20 Å². The Morgan fingerprint density at radius 2 is 1.72 bits per heavy atom. The number of hydrogen-bond acceptors (Lipinski definition) is 9. The molecule has 2 atom stereocenters. The van der Waals surface area contributed by atoms with Gasteiger partial charge in [0.1, 0.15) is 34.8 Å². The quantitative estimate of drug-likeness (QED) is 0.357. The second kappa shape index (κ2) is 10.1. The molecular weight excluding hydrogens is 484 g/mol. The molecule has 4 rings (SSSR count). The number of ether oxygens (including phenoxy) is 2. The molecule has 11 heteroatoms. The second-order valence-electron chi connectivity index (χ2n) is 8.41. The molecule has 3 heterocycles. The van der Waals surface area contributed by atoms with Gasteiger partial charge in [-0.25, -0.2) is 8.42 Å². The van der Waals surface area contributed by atoms with Gasteiger partial charge in [0.05, 0.1) is 25.2 Å². The first-order chi connectivity index (χ1) is 17.2. The summed E-state index contributed by atoms with van der Waals surface area (Å²) < 4.78 is 45.4. The van der Waals surface area contributed by atoms with Crippen LogP contribution < -0.4 is 9.47 Å². The number of nitrogens with zero attached hydrogens (tertiary/aromatic N) is 4. The van der Waals surface area contributed by atoms with Gasteiger partial charge in [0.15, 0.2) is 21.4 Å². The maximum Gasteiger partial charge on any atom is 0.204 e. The smallest absolute Gasteiger partial charge is 0.204 e. The maximum atomic E-state index is 13.5. The highest BCUT2D eigenvalue weighted by Crippen LogP contribution is 2.37. The number of rotatable bonds is 9. The molecule has 0 bridgehead atoms. The van der Waals surface area contributed by atoms with Gasteiger partial charge in [0.25, 0.3) is 0 Å². The molecule has 0 radical (unpaired) electrons. The van der Waals surface area contributed by atoms with Gasteiger partial charge in [-0.05, 0) is 56.7 Å². The summed E-state index contributed by atoms with van der Waals surface area (Å²) in [4.78, 5) is 4.18. The lowest BCUT2D eigenvalue weighted by Crippen LogP contribution is -2.28. The van der Waals surface area contributed by atoms with E-state index >= 15 is 0 Å². The van der Waals surface area contributed by atoms with E-state index in [-0.39, 0.29) is 17.3 Å². The molecule has 1 N–H and O–H groups in total. The van der Waals surface area contributed by atoms with Crippen LogP contribution in [0.3, 0.4) is 0 Å². The molecule has 4 aromatic rings. The average Bonchev–Trinajstić information content (AvgIpc) is 3.48. The Hall–Kier alpha value is -3.70. The highest BCUT2D eigenvalue weighted by Gasteiger charge is 2.33. The zero-order valence-corrected chi connectivity index (χ0v) is 21.5. The van der Waals surface area contributed by atoms with Crippen LogP contribution in [0.1, 0.15) is 35.9 Å². The summed E-state index contributed by atoms with van der Waals surface area (Å²) in [6, 6.07) is 12.1. The summed E-state index contributed by atoms with van der Waals surface area (Å²) in [6.07, 6.45) is 0.264. The number of hydrogen-bond donors (Lipinski definition) is 1. The lowest BCUT2D eigenvalue weighted by atomic mass is 10.1. The van der Waals surface area contributed by atoms with Crippen LogP contribution in [0.2, 0.25) is 0 Å². The van der Waals surface area contributed by atoms with Gasteiger partial charge in [-0.1, -0.05) is 12.1 Å². The van der Waals surface area contributed by atoms with Gasteiger partial charge >= 0.3 is 0 Å². The van der Waals surface area contributed by atoms with Crippen molar-refractivity contribution < 1.29 is 27.4 Å². The molecule has 0 fully saturated rings. The first kappa shape index (κ1) is 25.4. The fourth-order valence-electron chi connectivity index (χ4n) is 3.81. The monoisotopic (exact) mass is 512 g/mol. The highest BCUT2D eigenvalue weighted by atomic mass is 32.2. The van der Waals surface area contributed by atoms with Crippen molar-refractivity contribution in [2.24, 2.45) is 0 Å². The Bertz CT molecular complexity index is 1440. The Kier molecular flexibility index (Phi) is 7.14. The van der Waals surface area contributed by atoms with Crippen molar-refractivity contribution in [3.8, 4) is 28.8 Å². The minimum Gasteiger partial charge on any atom is -0.494 e. The van der Waals surface area contributed by atoms with E-state index in [1.807, 2.05) is 6.92 Å². The van der Waals surface area contributed by atoms with Crippen molar-refractivity contribution in [2.45, 2.75) is 37.9 Å². The molecule has 0 aliphatic rings. The summed E-state index contributed by atoms with van der Waals surface area (Å²) in [5.74, 6) is 1.78. The Morgan fingerprint density at radius 3 is 2.28 bits per heavy atom. The molecule has 0 saturated carbocycles. The summed E-state index contributed by atoms with van der Waals surface area (Å²) in [7, 11) is -0.924. The van der Waals surface area contributed by atoms with Gasteiger partial charge < -0.3 is 19.0 Å². The number of aliphatic hydroxyl groups is 1. The van der Waals surface area contributed by atoms with Crippen molar-refractivity contribution in [1.82, 2.24) is 19.7 Å². The van der Waals surface area contributed by atoms with E-state index in [1.54, 1.807) is 60.2 Å². The predicted molar refractivity (Wildman–Crippen MR) is 133 cm³/mol. The number of para-hydroxylation sites is 1. The number of aromatic nitrogens is 4. The van der Waals surface area contributed by atoms with Crippen molar-refractivity contribution in [2.75, 3.05) is 14.2 Å². The van der Waals surface area contributed by atoms with Crippen LogP contribution in [0.5, 0.6) is 11.5 Å². The van der Waals surface area contributed by atoms with Crippen LogP contribution in [-0.4, -0.2) is 52.7 Å². The fourth-order valence-corrected chi connectivity index (χ4v) is 5.16. The number of pyridine rings is 1. The lowest BCUT2D eigenvalue weighted by Gasteiger charge is -2.20. The number of benzene rings is 1. The summed E-state index contributed by atoms with van der Waals surface area (Å²) in [5.41, 5.74) is 1.60. The van der Waals surface area contributed by atoms with E-state index in [0.29, 0.717) is 28.7 Å². The first-order valence-electron chi connectivity index (χ1n) is 11.2. The van der Waals surface area contributed by atoms with Crippen molar-refractivity contribution in [3.63, 3.8) is 0 Å². The van der Waals surface area contributed by atoms with Gasteiger partial charge in [-0.15, -0.1) is 10.2 Å². The third-order valence-electron chi connectivity index (χ3n) is 5.89.